The van der Waals surface area contributed by atoms with E-state index in [0.29, 0.717) is 11.8 Å². The standard InChI is InChI=1S/C34H26N8O11S3.3Na/c35-19-2-12-29(28(36)14-19)41-39-21-3-1-18-13-32(56(51,52)53)33(34(44)27(18)15-21)42-40-23-7-11-26(31(17-23)55(48,49)50)25-10-6-22(16-30(25)54(45,46)47)38-37-20-4-8-24(43)9-5-20;;;/h1-17,43-44H,35-36H2,(H,45,46,47)(H,48,49,50)(H,51,52,53);;;/q;3*+1/p-3. The molecule has 286 valence electrons. The largest absolute Gasteiger partial charge is 1.00 e. The van der Waals surface area contributed by atoms with Crippen LogP contribution < -0.4 is 100 Å². The molecule has 0 spiro atoms. The minimum atomic E-state index is -5.45. The van der Waals surface area contributed by atoms with E-state index in [-0.39, 0.29) is 134 Å². The number of rotatable bonds is 10. The third-order valence-electron chi connectivity index (χ3n) is 7.79. The van der Waals surface area contributed by atoms with Crippen LogP contribution in [0.1, 0.15) is 0 Å². The third kappa shape index (κ3) is 12.0. The fourth-order valence-electron chi connectivity index (χ4n) is 5.20. The number of fused-ring (bicyclic) bond motifs is 1. The number of benzene rings is 6. The minimum absolute atomic E-state index is 0. The fraction of sp³-hybridized carbons (Fsp3) is 0. The smallest absolute Gasteiger partial charge is 0.744 e. The molecule has 6 N–H and O–H groups in total. The summed E-state index contributed by atoms with van der Waals surface area (Å²) in [6, 6.07) is 20.6. The number of aromatic hydroxyl groups is 2. The third-order valence-corrected chi connectivity index (χ3v) is 10.4. The first kappa shape index (κ1) is 49.7. The quantitative estimate of drug-likeness (QED) is 0.0504. The Morgan fingerprint density at radius 1 is 0.475 bits per heavy atom. The van der Waals surface area contributed by atoms with Crippen molar-refractivity contribution < 1.29 is 138 Å². The van der Waals surface area contributed by atoms with Gasteiger partial charge in [0.05, 0.1) is 43.1 Å². The van der Waals surface area contributed by atoms with Crippen LogP contribution in [0.15, 0.2) is 149 Å². The first-order valence-electron chi connectivity index (χ1n) is 15.4. The van der Waals surface area contributed by atoms with Gasteiger partial charge < -0.3 is 35.3 Å². The molecule has 19 nitrogen and oxygen atoms in total. The Balaban J connectivity index is 0.00000310. The number of hydrogen-bond donors (Lipinski definition) is 4. The van der Waals surface area contributed by atoms with E-state index in [4.69, 9.17) is 11.5 Å². The second-order valence-electron chi connectivity index (χ2n) is 11.6. The molecule has 59 heavy (non-hydrogen) atoms. The van der Waals surface area contributed by atoms with E-state index < -0.39 is 73.3 Å². The molecular formula is C34H23N8Na3O11S3. The van der Waals surface area contributed by atoms with Crippen LogP contribution in [0.25, 0.3) is 21.9 Å². The number of azo groups is 3. The van der Waals surface area contributed by atoms with Crippen molar-refractivity contribution in [2.24, 2.45) is 30.7 Å². The SMILES string of the molecule is Nc1ccc(N=Nc2ccc3cc(S(=O)(=O)[O-])c(N=Nc4ccc(-c5ccc(N=Nc6ccc(O)cc6)cc5S(=O)(=O)[O-])c(S(=O)(=O)[O-])c4)c(O)c3c2)c(N)c1.[Na+].[Na+].[Na+]. The maximum atomic E-state index is 12.5. The molecule has 0 amide bonds. The zero-order valence-corrected chi connectivity index (χ0v) is 39.4. The number of anilines is 2. The zero-order valence-electron chi connectivity index (χ0n) is 30.9. The average molecular weight is 885 g/mol. The van der Waals surface area contributed by atoms with Crippen molar-refractivity contribution >= 4 is 86.6 Å². The Bertz CT molecular complexity index is 3010. The normalized spacial score (nSPS) is 12.1. The summed E-state index contributed by atoms with van der Waals surface area (Å²) in [5.41, 5.74) is 10.4. The van der Waals surface area contributed by atoms with E-state index in [1.54, 1.807) is 6.07 Å². The number of hydrogen-bond acceptors (Lipinski definition) is 19. The Labute approximate surface area is 402 Å². The van der Waals surface area contributed by atoms with Crippen molar-refractivity contribution in [1.82, 2.24) is 0 Å². The first-order chi connectivity index (χ1) is 26.3. The van der Waals surface area contributed by atoms with Crippen molar-refractivity contribution in [3.63, 3.8) is 0 Å². The topological polar surface area (TPSA) is 338 Å². The van der Waals surface area contributed by atoms with Gasteiger partial charge in [0.25, 0.3) is 0 Å². The molecule has 0 aromatic heterocycles. The van der Waals surface area contributed by atoms with E-state index in [1.807, 2.05) is 0 Å². The molecule has 0 unspecified atom stereocenters. The molecule has 0 atom stereocenters. The van der Waals surface area contributed by atoms with Crippen LogP contribution in [-0.2, 0) is 30.4 Å². The number of nitrogens with two attached hydrogens (primary N) is 2. The van der Waals surface area contributed by atoms with Crippen LogP contribution in [0.3, 0.4) is 0 Å². The van der Waals surface area contributed by atoms with Gasteiger partial charge in [-0.25, -0.2) is 25.3 Å². The summed E-state index contributed by atoms with van der Waals surface area (Å²) in [4.78, 5) is -3.02. The number of nitrogen functional groups attached to an aromatic ring is 2. The summed E-state index contributed by atoms with van der Waals surface area (Å²) in [6.45, 7) is 0. The fourth-order valence-corrected chi connectivity index (χ4v) is 7.27. The van der Waals surface area contributed by atoms with Crippen molar-refractivity contribution in [3.05, 3.63) is 103 Å². The Hall–Kier alpha value is -3.69. The summed E-state index contributed by atoms with van der Waals surface area (Å²) in [7, 11) is -16.1. The predicted molar refractivity (Wildman–Crippen MR) is 197 cm³/mol. The second-order valence-corrected chi connectivity index (χ2v) is 15.7. The Morgan fingerprint density at radius 3 is 1.46 bits per heavy atom. The molecule has 6 aromatic carbocycles. The molecule has 0 saturated carbocycles. The van der Waals surface area contributed by atoms with Crippen molar-refractivity contribution in [3.8, 4) is 22.6 Å². The van der Waals surface area contributed by atoms with Gasteiger partial charge in [0.1, 0.15) is 47.5 Å². The van der Waals surface area contributed by atoms with Gasteiger partial charge >= 0.3 is 88.7 Å². The van der Waals surface area contributed by atoms with Crippen LogP contribution in [0.2, 0.25) is 0 Å². The van der Waals surface area contributed by atoms with Crippen LogP contribution in [0.4, 0.5) is 45.5 Å². The summed E-state index contributed by atoms with van der Waals surface area (Å²) in [5.74, 6) is -0.890. The monoisotopic (exact) mass is 884 g/mol. The van der Waals surface area contributed by atoms with Crippen molar-refractivity contribution in [1.29, 1.82) is 0 Å². The van der Waals surface area contributed by atoms with Gasteiger partial charge in [0, 0.05) is 22.2 Å². The summed E-state index contributed by atoms with van der Waals surface area (Å²) >= 11 is 0. The molecule has 6 rings (SSSR count). The van der Waals surface area contributed by atoms with Gasteiger partial charge in [-0.1, -0.05) is 18.2 Å². The molecule has 0 bridgehead atoms. The molecule has 0 heterocycles. The molecule has 0 saturated heterocycles. The van der Waals surface area contributed by atoms with E-state index >= 15 is 0 Å². The van der Waals surface area contributed by atoms with Crippen LogP contribution in [0, 0.1) is 0 Å². The molecule has 0 aliphatic heterocycles. The van der Waals surface area contributed by atoms with Gasteiger partial charge in [-0.15, -0.1) is 10.2 Å². The summed E-state index contributed by atoms with van der Waals surface area (Å²) in [5, 5.41) is 43.9. The van der Waals surface area contributed by atoms with Crippen LogP contribution >= 0.6 is 0 Å². The number of phenols is 2. The van der Waals surface area contributed by atoms with Crippen molar-refractivity contribution in [2.45, 2.75) is 14.7 Å². The summed E-state index contributed by atoms with van der Waals surface area (Å²) in [6.07, 6.45) is 0. The maximum Gasteiger partial charge on any atom is 1.00 e. The molecule has 0 aliphatic rings. The van der Waals surface area contributed by atoms with Crippen LogP contribution in [-0.4, -0.2) is 49.1 Å². The van der Waals surface area contributed by atoms with E-state index in [1.165, 1.54) is 60.7 Å². The van der Waals surface area contributed by atoms with Crippen molar-refractivity contribution in [2.75, 3.05) is 11.5 Å². The number of nitrogens with zero attached hydrogens (tertiary/aromatic N) is 6. The van der Waals surface area contributed by atoms with Gasteiger partial charge in [-0.05, 0) is 90.3 Å². The van der Waals surface area contributed by atoms with E-state index in [9.17, 15) is 49.1 Å². The molecule has 25 heteroatoms. The van der Waals surface area contributed by atoms with Gasteiger partial charge in [-0.2, -0.15) is 20.5 Å². The average Bonchev–Trinajstić information content (AvgIpc) is 3.12. The first-order valence-corrected chi connectivity index (χ1v) is 19.7. The van der Waals surface area contributed by atoms with Gasteiger partial charge in [0.15, 0.2) is 5.75 Å². The Morgan fingerprint density at radius 2 is 0.932 bits per heavy atom. The molecule has 0 fully saturated rings. The van der Waals surface area contributed by atoms with Crippen LogP contribution in [0.5, 0.6) is 11.5 Å². The van der Waals surface area contributed by atoms with E-state index in [0.717, 1.165) is 30.3 Å². The Kier molecular flexibility index (Phi) is 16.7. The zero-order chi connectivity index (χ0) is 40.6. The molecule has 6 aromatic rings. The second kappa shape index (κ2) is 19.8. The maximum absolute atomic E-state index is 12.5. The molecule has 0 radical (unpaired) electrons. The molecule has 0 aliphatic carbocycles. The van der Waals surface area contributed by atoms with Gasteiger partial charge in [-0.3, -0.25) is 0 Å². The predicted octanol–water partition coefficient (Wildman–Crippen LogP) is -1.95. The summed E-state index contributed by atoms with van der Waals surface area (Å²) < 4.78 is 111. The number of phenolic OH excluding ortho intramolecular Hbond substituents is 2. The minimum Gasteiger partial charge on any atom is -0.744 e. The molecular weight excluding hydrogens is 862 g/mol. The van der Waals surface area contributed by atoms with E-state index in [2.05, 4.69) is 30.7 Å². The van der Waals surface area contributed by atoms with Gasteiger partial charge in [0.2, 0.25) is 0 Å².